The lowest BCUT2D eigenvalue weighted by atomic mass is 9.99. The zero-order valence-corrected chi connectivity index (χ0v) is 20.8. The van der Waals surface area contributed by atoms with Crippen molar-refractivity contribution in [1.29, 1.82) is 0 Å². The minimum absolute atomic E-state index is 0.0953. The summed E-state index contributed by atoms with van der Waals surface area (Å²) in [5, 5.41) is 9.80. The summed E-state index contributed by atoms with van der Waals surface area (Å²) in [6, 6.07) is 23.0. The molecule has 174 valence electrons. The van der Waals surface area contributed by atoms with Gasteiger partial charge in [0, 0.05) is 45.9 Å². The molecule has 0 radical (unpaired) electrons. The molecule has 7 heteroatoms. The average Bonchev–Trinajstić information content (AvgIpc) is 3.32. The first-order valence-corrected chi connectivity index (χ1v) is 12.9. The summed E-state index contributed by atoms with van der Waals surface area (Å²) in [6.45, 7) is 0. The van der Waals surface area contributed by atoms with Crippen LogP contribution in [-0.2, 0) is 14.1 Å². The molecule has 0 aliphatic carbocycles. The number of rotatable bonds is 4. The molecule has 0 aliphatic heterocycles. The van der Waals surface area contributed by atoms with Crippen molar-refractivity contribution in [1.82, 2.24) is 14.1 Å². The Morgan fingerprint density at radius 1 is 1.00 bits per heavy atom. The Kier molecular flexibility index (Phi) is 5.78. The largest absolute Gasteiger partial charge is 0.329 e. The van der Waals surface area contributed by atoms with E-state index in [0.29, 0.717) is 5.02 Å². The molecule has 0 aliphatic rings. The van der Waals surface area contributed by atoms with Crippen molar-refractivity contribution in [3.8, 4) is 23.5 Å². The van der Waals surface area contributed by atoms with E-state index in [1.165, 1.54) is 0 Å². The van der Waals surface area contributed by atoms with Gasteiger partial charge in [-0.05, 0) is 65.7 Å². The number of hydrogen-bond donors (Lipinski definition) is 1. The van der Waals surface area contributed by atoms with E-state index in [4.69, 9.17) is 23.2 Å². The summed E-state index contributed by atoms with van der Waals surface area (Å²) in [6.07, 6.45) is 9.20. The van der Waals surface area contributed by atoms with Crippen molar-refractivity contribution in [2.75, 3.05) is 0 Å². The molecule has 0 bridgehead atoms. The van der Waals surface area contributed by atoms with E-state index in [9.17, 15) is 4.79 Å². The Morgan fingerprint density at radius 2 is 1.74 bits per heavy atom. The molecule has 2 heterocycles. The summed E-state index contributed by atoms with van der Waals surface area (Å²) in [4.78, 5) is 19.1. The predicted octanol–water partition coefficient (Wildman–Crippen LogP) is 5.73. The predicted molar refractivity (Wildman–Crippen MR) is 144 cm³/mol. The molecule has 5 aromatic rings. The summed E-state index contributed by atoms with van der Waals surface area (Å²) in [5.74, 6) is 2.68. The van der Waals surface area contributed by atoms with Gasteiger partial charge in [-0.15, -0.1) is 6.42 Å². The maximum Gasteiger partial charge on any atom is 0.251 e. The summed E-state index contributed by atoms with van der Waals surface area (Å²) in [5.41, 5.74) is 3.16. The fraction of sp³-hybridized carbons (Fsp3) is 0.0714. The van der Waals surface area contributed by atoms with Crippen LogP contribution < -0.4 is 10.7 Å². The van der Waals surface area contributed by atoms with Gasteiger partial charge in [-0.2, -0.15) is 0 Å². The lowest BCUT2D eigenvalue weighted by molar-refractivity contribution is 0.815. The van der Waals surface area contributed by atoms with Gasteiger partial charge in [0.15, 0.2) is 0 Å². The van der Waals surface area contributed by atoms with Crippen molar-refractivity contribution < 1.29 is 0 Å². The van der Waals surface area contributed by atoms with E-state index in [2.05, 4.69) is 17.0 Å². The molecule has 1 unspecified atom stereocenters. The molecule has 0 spiro atoms. The van der Waals surface area contributed by atoms with Gasteiger partial charge < -0.3 is 9.13 Å². The summed E-state index contributed by atoms with van der Waals surface area (Å²) >= 11 is 6.19. The van der Waals surface area contributed by atoms with Gasteiger partial charge in [0.1, 0.15) is 0 Å². The second kappa shape index (κ2) is 8.79. The summed E-state index contributed by atoms with van der Waals surface area (Å²) in [7, 11) is 1.53. The number of nitrogens with two attached hydrogens (primary N) is 1. The molecular weight excluding hydrogens is 476 g/mol. The highest BCUT2D eigenvalue weighted by Gasteiger charge is 2.30. The third-order valence-corrected chi connectivity index (χ3v) is 9.54. The monoisotopic (exact) mass is 498 g/mol. The Balaban J connectivity index is 1.84. The smallest absolute Gasteiger partial charge is 0.251 e. The average molecular weight is 499 g/mol. The van der Waals surface area contributed by atoms with Crippen LogP contribution in [0.4, 0.5) is 0 Å². The second-order valence-corrected chi connectivity index (χ2v) is 11.4. The number of nitrogens with zero attached hydrogens (tertiary/aromatic N) is 3. The van der Waals surface area contributed by atoms with Crippen LogP contribution in [0.2, 0.25) is 5.02 Å². The van der Waals surface area contributed by atoms with Gasteiger partial charge >= 0.3 is 0 Å². The van der Waals surface area contributed by atoms with Gasteiger partial charge in [-0.3, -0.25) is 9.93 Å². The first-order chi connectivity index (χ1) is 16.8. The number of hydrogen-bond acceptors (Lipinski definition) is 3. The number of benzene rings is 3. The number of aromatic nitrogens is 3. The fourth-order valence-electron chi connectivity index (χ4n) is 4.34. The molecule has 35 heavy (non-hydrogen) atoms. The van der Waals surface area contributed by atoms with Crippen molar-refractivity contribution >= 4 is 32.7 Å². The Morgan fingerprint density at radius 3 is 2.43 bits per heavy atom. The SMILES string of the molecule is C#Cc1cccc(-c2cc(=O)n(C)c3ccc(S(N)(c4ccc(Cl)cc4)c4cncn4C)cc23)c1. The van der Waals surface area contributed by atoms with Gasteiger partial charge in [0.2, 0.25) is 0 Å². The second-order valence-electron chi connectivity index (χ2n) is 8.32. The van der Waals surface area contributed by atoms with Crippen molar-refractivity contribution in [3.05, 3.63) is 106 Å². The topological polar surface area (TPSA) is 65.8 Å². The highest BCUT2D eigenvalue weighted by Crippen LogP contribution is 2.62. The molecule has 2 aromatic heterocycles. The van der Waals surface area contributed by atoms with Crippen LogP contribution in [-0.4, -0.2) is 14.1 Å². The van der Waals surface area contributed by atoms with Crippen LogP contribution in [0.3, 0.4) is 0 Å². The van der Waals surface area contributed by atoms with Crippen LogP contribution in [0, 0.1) is 12.3 Å². The van der Waals surface area contributed by atoms with Crippen LogP contribution in [0.15, 0.2) is 105 Å². The highest BCUT2D eigenvalue weighted by atomic mass is 35.5. The fourth-order valence-corrected chi connectivity index (χ4v) is 7.10. The molecular formula is C28H23ClN4OS. The molecule has 3 aromatic carbocycles. The third-order valence-electron chi connectivity index (χ3n) is 6.22. The van der Waals surface area contributed by atoms with Crippen LogP contribution >= 0.6 is 21.8 Å². The number of imidazole rings is 1. The molecule has 5 nitrogen and oxygen atoms in total. The molecule has 0 saturated carbocycles. The quantitative estimate of drug-likeness (QED) is 0.322. The molecule has 0 amide bonds. The minimum Gasteiger partial charge on any atom is -0.329 e. The molecule has 0 saturated heterocycles. The molecule has 1 atom stereocenters. The lowest BCUT2D eigenvalue weighted by Crippen LogP contribution is -2.18. The van der Waals surface area contributed by atoms with E-state index in [-0.39, 0.29) is 5.56 Å². The molecule has 2 N–H and O–H groups in total. The van der Waals surface area contributed by atoms with E-state index in [0.717, 1.165) is 42.4 Å². The standard InChI is InChI=1S/C28H23ClN4OS/c1-4-19-6-5-7-20(14-19)24-16-27(34)33(3)26-13-12-23(15-25(24)26)35(30,28-17-31-18-32(28)2)22-10-8-21(29)9-11-22/h1,5-18H,30H2,2-3H3. The van der Waals surface area contributed by atoms with Gasteiger partial charge in [-0.25, -0.2) is 4.98 Å². The Labute approximate surface area is 210 Å². The number of pyridine rings is 1. The van der Waals surface area contributed by atoms with E-state index in [1.807, 2.05) is 78.5 Å². The normalized spacial score (nSPS) is 13.8. The number of halogens is 1. The van der Waals surface area contributed by atoms with Gasteiger partial charge in [0.05, 0.1) is 23.1 Å². The minimum atomic E-state index is -2.18. The Bertz CT molecular complexity index is 1680. The zero-order chi connectivity index (χ0) is 24.7. The lowest BCUT2D eigenvalue weighted by Gasteiger charge is -2.36. The van der Waals surface area contributed by atoms with Crippen LogP contribution in [0.25, 0.3) is 22.0 Å². The van der Waals surface area contributed by atoms with E-state index >= 15 is 0 Å². The van der Waals surface area contributed by atoms with E-state index < -0.39 is 10.2 Å². The third kappa shape index (κ3) is 3.84. The highest BCUT2D eigenvalue weighted by molar-refractivity contribution is 8.32. The maximum absolute atomic E-state index is 12.8. The van der Waals surface area contributed by atoms with E-state index in [1.54, 1.807) is 24.0 Å². The zero-order valence-electron chi connectivity index (χ0n) is 19.3. The van der Waals surface area contributed by atoms with Crippen molar-refractivity contribution in [2.45, 2.75) is 14.8 Å². The number of aryl methyl sites for hydroxylation is 2. The van der Waals surface area contributed by atoms with Gasteiger partial charge in [-0.1, -0.05) is 39.9 Å². The maximum atomic E-state index is 12.8. The van der Waals surface area contributed by atoms with Crippen molar-refractivity contribution in [2.24, 2.45) is 19.2 Å². The first kappa shape index (κ1) is 23.0. The van der Waals surface area contributed by atoms with Crippen LogP contribution in [0.1, 0.15) is 5.56 Å². The van der Waals surface area contributed by atoms with Gasteiger partial charge in [0.25, 0.3) is 5.56 Å². The first-order valence-electron chi connectivity index (χ1n) is 10.9. The summed E-state index contributed by atoms with van der Waals surface area (Å²) < 4.78 is 3.60. The van der Waals surface area contributed by atoms with Crippen LogP contribution in [0.5, 0.6) is 0 Å². The number of terminal acetylenes is 1. The number of fused-ring (bicyclic) bond motifs is 1. The van der Waals surface area contributed by atoms with Crippen molar-refractivity contribution in [3.63, 3.8) is 0 Å². The molecule has 0 fully saturated rings. The molecule has 5 rings (SSSR count). The Hall–Kier alpha value is -3.76.